The van der Waals surface area contributed by atoms with Gasteiger partial charge in [-0.05, 0) is 68.1 Å². The number of hydrogen-bond acceptors (Lipinski definition) is 4. The van der Waals surface area contributed by atoms with Crippen LogP contribution in [-0.2, 0) is 11.2 Å². The molecule has 2 aromatic carbocycles. The highest BCUT2D eigenvalue weighted by atomic mass is 79.9. The zero-order chi connectivity index (χ0) is 20.9. The van der Waals surface area contributed by atoms with Crippen molar-refractivity contribution in [2.24, 2.45) is 0 Å². The summed E-state index contributed by atoms with van der Waals surface area (Å²) >= 11 is 3.49. The Morgan fingerprint density at radius 2 is 1.87 bits per heavy atom. The Kier molecular flexibility index (Phi) is 6.53. The zero-order valence-electron chi connectivity index (χ0n) is 17.2. The number of amides is 1. The van der Waals surface area contributed by atoms with Gasteiger partial charge >= 0.3 is 0 Å². The van der Waals surface area contributed by atoms with Crippen LogP contribution in [0.4, 0.5) is 11.4 Å². The van der Waals surface area contributed by atoms with Gasteiger partial charge in [0.2, 0.25) is 0 Å². The number of rotatable bonds is 6. The Bertz CT molecular complexity index is 1030. The molecule has 3 aromatic rings. The SMILES string of the molecule is CCc1cc(OCC(=O)Nc2ccc(N3CCCCC3)cc2)c2cc(Br)ccc2n1. The summed E-state index contributed by atoms with van der Waals surface area (Å²) in [6, 6.07) is 15.8. The Morgan fingerprint density at radius 3 is 2.60 bits per heavy atom. The minimum atomic E-state index is -0.182. The Balaban J connectivity index is 1.40. The quantitative estimate of drug-likeness (QED) is 0.514. The van der Waals surface area contributed by atoms with E-state index in [9.17, 15) is 4.79 Å². The minimum absolute atomic E-state index is 0.0529. The van der Waals surface area contributed by atoms with Crippen molar-refractivity contribution in [2.75, 3.05) is 29.9 Å². The van der Waals surface area contributed by atoms with Gasteiger partial charge in [-0.25, -0.2) is 0 Å². The third-order valence-electron chi connectivity index (χ3n) is 5.38. The van der Waals surface area contributed by atoms with Crippen molar-refractivity contribution in [3.05, 3.63) is 58.7 Å². The van der Waals surface area contributed by atoms with Crippen molar-refractivity contribution in [3.8, 4) is 5.75 Å². The number of carbonyl (C=O) groups is 1. The summed E-state index contributed by atoms with van der Waals surface area (Å²) in [5.41, 5.74) is 3.79. The molecule has 0 atom stereocenters. The largest absolute Gasteiger partial charge is 0.483 e. The molecule has 0 aliphatic carbocycles. The average Bonchev–Trinajstić information content (AvgIpc) is 2.78. The van der Waals surface area contributed by atoms with Gasteiger partial charge in [0, 0.05) is 46.1 Å². The van der Waals surface area contributed by atoms with Gasteiger partial charge < -0.3 is 15.0 Å². The number of piperidine rings is 1. The maximum absolute atomic E-state index is 12.5. The van der Waals surface area contributed by atoms with E-state index in [1.807, 2.05) is 36.4 Å². The van der Waals surface area contributed by atoms with Crippen molar-refractivity contribution >= 4 is 44.1 Å². The van der Waals surface area contributed by atoms with E-state index in [1.54, 1.807) is 0 Å². The molecule has 1 amide bonds. The molecule has 2 heterocycles. The number of carbonyl (C=O) groups excluding carboxylic acids is 1. The minimum Gasteiger partial charge on any atom is -0.483 e. The number of benzene rings is 2. The van der Waals surface area contributed by atoms with Crippen molar-refractivity contribution in [2.45, 2.75) is 32.6 Å². The van der Waals surface area contributed by atoms with E-state index in [1.165, 1.54) is 24.9 Å². The van der Waals surface area contributed by atoms with E-state index in [-0.39, 0.29) is 12.5 Å². The number of ether oxygens (including phenoxy) is 1. The molecule has 0 bridgehead atoms. The summed E-state index contributed by atoms with van der Waals surface area (Å²) in [5.74, 6) is 0.493. The van der Waals surface area contributed by atoms with E-state index in [0.717, 1.165) is 46.3 Å². The van der Waals surface area contributed by atoms with E-state index in [0.29, 0.717) is 5.75 Å². The van der Waals surface area contributed by atoms with Crippen LogP contribution in [0, 0.1) is 0 Å². The zero-order valence-corrected chi connectivity index (χ0v) is 18.7. The first-order chi connectivity index (χ1) is 14.6. The van der Waals surface area contributed by atoms with E-state index in [4.69, 9.17) is 4.74 Å². The van der Waals surface area contributed by atoms with Crippen molar-refractivity contribution in [1.82, 2.24) is 4.98 Å². The molecule has 1 saturated heterocycles. The number of halogens is 1. The Hall–Kier alpha value is -2.60. The third-order valence-corrected chi connectivity index (χ3v) is 5.87. The summed E-state index contributed by atoms with van der Waals surface area (Å²) in [6.45, 7) is 4.21. The molecule has 0 radical (unpaired) electrons. The first kappa shape index (κ1) is 20.7. The van der Waals surface area contributed by atoms with E-state index >= 15 is 0 Å². The monoisotopic (exact) mass is 467 g/mol. The highest BCUT2D eigenvalue weighted by molar-refractivity contribution is 9.10. The van der Waals surface area contributed by atoms with Crippen LogP contribution in [0.5, 0.6) is 5.75 Å². The normalized spacial score (nSPS) is 14.0. The second kappa shape index (κ2) is 9.47. The van der Waals surface area contributed by atoms with Crippen LogP contribution in [0.15, 0.2) is 53.0 Å². The molecular formula is C24H26BrN3O2. The first-order valence-electron chi connectivity index (χ1n) is 10.5. The number of nitrogens with one attached hydrogen (secondary N) is 1. The summed E-state index contributed by atoms with van der Waals surface area (Å²) < 4.78 is 6.84. The second-order valence-corrected chi connectivity index (χ2v) is 8.47. The molecular weight excluding hydrogens is 442 g/mol. The number of anilines is 2. The molecule has 1 fully saturated rings. The standard InChI is InChI=1S/C24H26BrN3O2/c1-2-18-15-23(21-14-17(25)6-11-22(21)26-18)30-16-24(29)27-19-7-9-20(10-8-19)28-12-4-3-5-13-28/h6-11,14-15H,2-5,12-13,16H2,1H3,(H,27,29). The number of hydrogen-bond donors (Lipinski definition) is 1. The van der Waals surface area contributed by atoms with Crippen LogP contribution in [0.25, 0.3) is 10.9 Å². The molecule has 0 saturated carbocycles. The Labute approximate surface area is 185 Å². The van der Waals surface area contributed by atoms with E-state index < -0.39 is 0 Å². The van der Waals surface area contributed by atoms with Gasteiger partial charge in [0.05, 0.1) is 5.52 Å². The summed E-state index contributed by atoms with van der Waals surface area (Å²) in [7, 11) is 0. The highest BCUT2D eigenvalue weighted by Crippen LogP contribution is 2.29. The van der Waals surface area contributed by atoms with Gasteiger partial charge in [-0.15, -0.1) is 0 Å². The molecule has 6 heteroatoms. The predicted octanol–water partition coefficient (Wildman–Crippen LogP) is 5.57. The molecule has 156 valence electrons. The van der Waals surface area contributed by atoms with Gasteiger partial charge in [0.1, 0.15) is 5.75 Å². The lowest BCUT2D eigenvalue weighted by Crippen LogP contribution is -2.29. The van der Waals surface area contributed by atoms with Crippen molar-refractivity contribution in [3.63, 3.8) is 0 Å². The van der Waals surface area contributed by atoms with Crippen LogP contribution in [-0.4, -0.2) is 30.6 Å². The summed E-state index contributed by atoms with van der Waals surface area (Å²) in [4.78, 5) is 19.5. The Morgan fingerprint density at radius 1 is 1.10 bits per heavy atom. The molecule has 0 unspecified atom stereocenters. The lowest BCUT2D eigenvalue weighted by atomic mass is 10.1. The molecule has 1 aliphatic rings. The number of aryl methyl sites for hydroxylation is 1. The van der Waals surface area contributed by atoms with Crippen LogP contribution in [0.2, 0.25) is 0 Å². The fourth-order valence-corrected chi connectivity index (χ4v) is 4.13. The number of nitrogens with zero attached hydrogens (tertiary/aromatic N) is 2. The molecule has 1 aromatic heterocycles. The molecule has 0 spiro atoms. The lowest BCUT2D eigenvalue weighted by Gasteiger charge is -2.28. The predicted molar refractivity (Wildman–Crippen MR) is 125 cm³/mol. The van der Waals surface area contributed by atoms with Gasteiger partial charge in [0.15, 0.2) is 6.61 Å². The average molecular weight is 468 g/mol. The van der Waals surface area contributed by atoms with Crippen LogP contribution in [0.3, 0.4) is 0 Å². The lowest BCUT2D eigenvalue weighted by molar-refractivity contribution is -0.118. The van der Waals surface area contributed by atoms with Crippen LogP contribution in [0.1, 0.15) is 31.9 Å². The molecule has 1 N–H and O–H groups in total. The topological polar surface area (TPSA) is 54.5 Å². The molecule has 4 rings (SSSR count). The van der Waals surface area contributed by atoms with Gasteiger partial charge in [-0.2, -0.15) is 0 Å². The molecule has 1 aliphatic heterocycles. The van der Waals surface area contributed by atoms with Crippen molar-refractivity contribution in [1.29, 1.82) is 0 Å². The smallest absolute Gasteiger partial charge is 0.262 e. The van der Waals surface area contributed by atoms with E-state index in [2.05, 4.69) is 50.2 Å². The van der Waals surface area contributed by atoms with Gasteiger partial charge in [-0.3, -0.25) is 9.78 Å². The highest BCUT2D eigenvalue weighted by Gasteiger charge is 2.12. The first-order valence-corrected chi connectivity index (χ1v) is 11.3. The maximum atomic E-state index is 12.5. The fourth-order valence-electron chi connectivity index (χ4n) is 3.77. The molecule has 5 nitrogen and oxygen atoms in total. The number of pyridine rings is 1. The second-order valence-electron chi connectivity index (χ2n) is 7.56. The van der Waals surface area contributed by atoms with Gasteiger partial charge in [-0.1, -0.05) is 22.9 Å². The maximum Gasteiger partial charge on any atom is 0.262 e. The van der Waals surface area contributed by atoms with Gasteiger partial charge in [0.25, 0.3) is 5.91 Å². The van der Waals surface area contributed by atoms with Crippen LogP contribution < -0.4 is 15.0 Å². The summed E-state index contributed by atoms with van der Waals surface area (Å²) in [6.07, 6.45) is 4.61. The number of aromatic nitrogens is 1. The third kappa shape index (κ3) is 4.93. The molecule has 30 heavy (non-hydrogen) atoms. The summed E-state index contributed by atoms with van der Waals surface area (Å²) in [5, 5.41) is 3.81. The number of fused-ring (bicyclic) bond motifs is 1. The van der Waals surface area contributed by atoms with Crippen LogP contribution >= 0.6 is 15.9 Å². The van der Waals surface area contributed by atoms with Crippen molar-refractivity contribution < 1.29 is 9.53 Å². The fraction of sp³-hybridized carbons (Fsp3) is 0.333.